The van der Waals surface area contributed by atoms with Crippen molar-refractivity contribution < 1.29 is 9.53 Å². The summed E-state index contributed by atoms with van der Waals surface area (Å²) in [5.41, 5.74) is 7.86. The minimum absolute atomic E-state index is 0.0560. The number of carbonyl (C=O) groups excluding carboxylic acids is 1. The largest absolute Gasteiger partial charge is 0.379 e. The Morgan fingerprint density at radius 1 is 1.43 bits per heavy atom. The van der Waals surface area contributed by atoms with E-state index in [4.69, 9.17) is 10.5 Å². The van der Waals surface area contributed by atoms with Crippen molar-refractivity contribution in [2.45, 2.75) is 39.3 Å². The summed E-state index contributed by atoms with van der Waals surface area (Å²) in [4.78, 5) is 14.4. The number of hydrogen-bond donors (Lipinski definition) is 1. The lowest BCUT2D eigenvalue weighted by Gasteiger charge is -2.31. The fraction of sp³-hybridized carbons (Fsp3) is 0.588. The summed E-state index contributed by atoms with van der Waals surface area (Å²) in [6.45, 7) is 7.70. The average Bonchev–Trinajstić information content (AvgIpc) is 2.79. The zero-order valence-electron chi connectivity index (χ0n) is 13.4. The highest BCUT2D eigenvalue weighted by Gasteiger charge is 2.45. The van der Waals surface area contributed by atoms with Gasteiger partial charge in [-0.1, -0.05) is 38.1 Å². The lowest BCUT2D eigenvalue weighted by atomic mass is 9.84. The van der Waals surface area contributed by atoms with E-state index in [-0.39, 0.29) is 11.9 Å². The molecule has 4 heteroatoms. The van der Waals surface area contributed by atoms with Crippen molar-refractivity contribution in [3.63, 3.8) is 0 Å². The molecule has 0 aromatic heterocycles. The van der Waals surface area contributed by atoms with Crippen LogP contribution < -0.4 is 5.73 Å². The Morgan fingerprint density at radius 2 is 2.05 bits per heavy atom. The van der Waals surface area contributed by atoms with Gasteiger partial charge in [-0.2, -0.15) is 0 Å². The highest BCUT2D eigenvalue weighted by molar-refractivity contribution is 5.83. The molecule has 0 spiro atoms. The van der Waals surface area contributed by atoms with E-state index >= 15 is 0 Å². The predicted octanol–water partition coefficient (Wildman–Crippen LogP) is 2.13. The van der Waals surface area contributed by atoms with E-state index in [1.165, 1.54) is 5.56 Å². The third kappa shape index (κ3) is 3.27. The Bertz CT molecular complexity index is 498. The van der Waals surface area contributed by atoms with E-state index in [1.54, 1.807) is 4.90 Å². The SMILES string of the molecule is CC(C)c1ccc(CN(C)C(=O)C2(C)COCC2N)cc1. The second kappa shape index (κ2) is 6.16. The van der Waals surface area contributed by atoms with Gasteiger partial charge in [-0.15, -0.1) is 0 Å². The molecule has 1 heterocycles. The maximum atomic E-state index is 12.6. The summed E-state index contributed by atoms with van der Waals surface area (Å²) >= 11 is 0. The van der Waals surface area contributed by atoms with Crippen LogP contribution in [0.1, 0.15) is 37.8 Å². The van der Waals surface area contributed by atoms with Crippen molar-refractivity contribution in [1.29, 1.82) is 0 Å². The van der Waals surface area contributed by atoms with Gasteiger partial charge in [0.1, 0.15) is 0 Å². The first kappa shape index (κ1) is 16.0. The van der Waals surface area contributed by atoms with Gasteiger partial charge in [0.25, 0.3) is 0 Å². The van der Waals surface area contributed by atoms with Crippen LogP contribution in [0.25, 0.3) is 0 Å². The normalized spacial score (nSPS) is 25.3. The number of carbonyl (C=O) groups is 1. The number of ether oxygens (including phenoxy) is 1. The van der Waals surface area contributed by atoms with Gasteiger partial charge in [0.15, 0.2) is 0 Å². The summed E-state index contributed by atoms with van der Waals surface area (Å²) in [5, 5.41) is 0. The molecule has 0 bridgehead atoms. The average molecular weight is 290 g/mol. The topological polar surface area (TPSA) is 55.6 Å². The third-order valence-electron chi connectivity index (χ3n) is 4.42. The molecule has 2 N–H and O–H groups in total. The molecular weight excluding hydrogens is 264 g/mol. The molecule has 0 radical (unpaired) electrons. The molecule has 0 saturated carbocycles. The lowest BCUT2D eigenvalue weighted by Crippen LogP contribution is -2.50. The van der Waals surface area contributed by atoms with Crippen LogP contribution in [0.5, 0.6) is 0 Å². The molecule has 21 heavy (non-hydrogen) atoms. The Kier molecular flexibility index (Phi) is 4.69. The van der Waals surface area contributed by atoms with Crippen LogP contribution in [0, 0.1) is 5.41 Å². The standard InChI is InChI=1S/C17H26N2O2/c1-12(2)14-7-5-13(6-8-14)9-19(4)16(20)17(3)11-21-10-15(17)18/h5-8,12,15H,9-11,18H2,1-4H3. The Balaban J connectivity index is 2.04. The zero-order chi connectivity index (χ0) is 15.6. The first-order valence-corrected chi connectivity index (χ1v) is 7.52. The summed E-state index contributed by atoms with van der Waals surface area (Å²) in [7, 11) is 1.83. The molecule has 1 aromatic rings. The molecular formula is C17H26N2O2. The molecule has 1 aliphatic heterocycles. The highest BCUT2D eigenvalue weighted by atomic mass is 16.5. The fourth-order valence-electron chi connectivity index (χ4n) is 2.70. The number of benzene rings is 1. The van der Waals surface area contributed by atoms with E-state index < -0.39 is 5.41 Å². The number of nitrogens with two attached hydrogens (primary N) is 1. The highest BCUT2D eigenvalue weighted by Crippen LogP contribution is 2.29. The van der Waals surface area contributed by atoms with Crippen molar-refractivity contribution in [3.05, 3.63) is 35.4 Å². The third-order valence-corrected chi connectivity index (χ3v) is 4.42. The maximum absolute atomic E-state index is 12.6. The molecule has 0 aliphatic carbocycles. The number of amides is 1. The van der Waals surface area contributed by atoms with E-state index in [0.717, 1.165) is 5.56 Å². The molecule has 2 atom stereocenters. The molecule has 1 saturated heterocycles. The lowest BCUT2D eigenvalue weighted by molar-refractivity contribution is -0.140. The van der Waals surface area contributed by atoms with Crippen molar-refractivity contribution in [1.82, 2.24) is 4.90 Å². The van der Waals surface area contributed by atoms with Crippen molar-refractivity contribution in [2.24, 2.45) is 11.1 Å². The minimum Gasteiger partial charge on any atom is -0.379 e. The van der Waals surface area contributed by atoms with Crippen LogP contribution in [0.15, 0.2) is 24.3 Å². The summed E-state index contributed by atoms with van der Waals surface area (Å²) < 4.78 is 5.36. The second-order valence-corrected chi connectivity index (χ2v) is 6.60. The van der Waals surface area contributed by atoms with E-state index in [0.29, 0.717) is 25.7 Å². The summed E-state index contributed by atoms with van der Waals surface area (Å²) in [6.07, 6.45) is 0. The predicted molar refractivity (Wildman–Crippen MR) is 83.9 cm³/mol. The fourth-order valence-corrected chi connectivity index (χ4v) is 2.70. The van der Waals surface area contributed by atoms with E-state index in [2.05, 4.69) is 38.1 Å². The van der Waals surface area contributed by atoms with Crippen LogP contribution in [0.2, 0.25) is 0 Å². The number of hydrogen-bond acceptors (Lipinski definition) is 3. The van der Waals surface area contributed by atoms with Gasteiger partial charge in [-0.05, 0) is 24.0 Å². The maximum Gasteiger partial charge on any atom is 0.232 e. The molecule has 1 aliphatic rings. The van der Waals surface area contributed by atoms with Crippen molar-refractivity contribution in [3.8, 4) is 0 Å². The zero-order valence-corrected chi connectivity index (χ0v) is 13.4. The number of nitrogens with zero attached hydrogens (tertiary/aromatic N) is 1. The van der Waals surface area contributed by atoms with Gasteiger partial charge in [0.05, 0.1) is 18.6 Å². The molecule has 4 nitrogen and oxygen atoms in total. The van der Waals surface area contributed by atoms with Crippen LogP contribution in [-0.2, 0) is 16.1 Å². The number of rotatable bonds is 4. The van der Waals surface area contributed by atoms with E-state index in [1.807, 2.05) is 14.0 Å². The Hall–Kier alpha value is -1.39. The van der Waals surface area contributed by atoms with Crippen LogP contribution >= 0.6 is 0 Å². The monoisotopic (exact) mass is 290 g/mol. The minimum atomic E-state index is -0.605. The molecule has 1 amide bonds. The van der Waals surface area contributed by atoms with Gasteiger partial charge >= 0.3 is 0 Å². The van der Waals surface area contributed by atoms with E-state index in [9.17, 15) is 4.79 Å². The molecule has 1 aromatic carbocycles. The molecule has 2 rings (SSSR count). The quantitative estimate of drug-likeness (QED) is 0.924. The first-order valence-electron chi connectivity index (χ1n) is 7.52. The van der Waals surface area contributed by atoms with Crippen molar-refractivity contribution in [2.75, 3.05) is 20.3 Å². The van der Waals surface area contributed by atoms with Gasteiger partial charge in [-0.3, -0.25) is 4.79 Å². The smallest absolute Gasteiger partial charge is 0.232 e. The van der Waals surface area contributed by atoms with Crippen LogP contribution in [0.3, 0.4) is 0 Å². The van der Waals surface area contributed by atoms with Gasteiger partial charge < -0.3 is 15.4 Å². The molecule has 2 unspecified atom stereocenters. The summed E-state index contributed by atoms with van der Waals surface area (Å²) in [5.74, 6) is 0.575. The molecule has 1 fully saturated rings. The van der Waals surface area contributed by atoms with Crippen LogP contribution in [0.4, 0.5) is 0 Å². The van der Waals surface area contributed by atoms with Crippen LogP contribution in [-0.4, -0.2) is 37.1 Å². The Labute approximate surface area is 127 Å². The first-order chi connectivity index (χ1) is 9.84. The second-order valence-electron chi connectivity index (χ2n) is 6.60. The van der Waals surface area contributed by atoms with Gasteiger partial charge in [0, 0.05) is 19.6 Å². The van der Waals surface area contributed by atoms with Gasteiger partial charge in [-0.25, -0.2) is 0 Å². The Morgan fingerprint density at radius 3 is 2.52 bits per heavy atom. The molecule has 116 valence electrons. The van der Waals surface area contributed by atoms with Gasteiger partial charge in [0.2, 0.25) is 5.91 Å². The summed E-state index contributed by atoms with van der Waals surface area (Å²) in [6, 6.07) is 8.21. The van der Waals surface area contributed by atoms with Crippen molar-refractivity contribution >= 4 is 5.91 Å².